The van der Waals surface area contributed by atoms with Crippen LogP contribution in [0, 0.1) is 5.92 Å². The van der Waals surface area contributed by atoms with Crippen molar-refractivity contribution >= 4 is 5.69 Å². The van der Waals surface area contributed by atoms with E-state index in [-0.39, 0.29) is 0 Å². The molecule has 4 nitrogen and oxygen atoms in total. The molecule has 1 aromatic rings. The van der Waals surface area contributed by atoms with Crippen LogP contribution in [0.5, 0.6) is 11.8 Å². The van der Waals surface area contributed by atoms with Gasteiger partial charge >= 0.3 is 0 Å². The maximum atomic E-state index is 5.63. The van der Waals surface area contributed by atoms with Crippen molar-refractivity contribution in [3.05, 3.63) is 12.1 Å². The Hall–Kier alpha value is -1.45. The Kier molecular flexibility index (Phi) is 2.43. The van der Waals surface area contributed by atoms with Gasteiger partial charge in [-0.25, -0.2) is 0 Å². The summed E-state index contributed by atoms with van der Waals surface area (Å²) in [7, 11) is 1.55. The predicted molar refractivity (Wildman–Crippen MR) is 53.4 cm³/mol. The largest absolute Gasteiger partial charge is 0.479 e. The lowest BCUT2D eigenvalue weighted by molar-refractivity contribution is 0.283. The molecule has 1 fully saturated rings. The minimum absolute atomic E-state index is 0.429. The minimum Gasteiger partial charge on any atom is -0.479 e. The van der Waals surface area contributed by atoms with Gasteiger partial charge in [-0.3, -0.25) is 0 Å². The van der Waals surface area contributed by atoms with Gasteiger partial charge in [0.25, 0.3) is 0 Å². The van der Waals surface area contributed by atoms with Gasteiger partial charge in [-0.1, -0.05) is 0 Å². The smallest absolute Gasteiger partial charge is 0.240 e. The predicted octanol–water partition coefficient (Wildman–Crippen LogP) is 1.46. The number of nitrogens with two attached hydrogens (primary N) is 1. The first-order valence-corrected chi connectivity index (χ1v) is 4.73. The number of hydrogen-bond acceptors (Lipinski definition) is 4. The lowest BCUT2D eigenvalue weighted by Gasteiger charge is -2.07. The number of nitrogen functional groups attached to an aromatic ring is 1. The molecule has 2 rings (SSSR count). The summed E-state index contributed by atoms with van der Waals surface area (Å²) in [6.07, 6.45) is 2.54. The van der Waals surface area contributed by atoms with Crippen molar-refractivity contribution in [1.82, 2.24) is 4.98 Å². The van der Waals surface area contributed by atoms with Gasteiger partial charge in [-0.2, -0.15) is 4.98 Å². The van der Waals surface area contributed by atoms with Gasteiger partial charge in [-0.05, 0) is 24.8 Å². The van der Waals surface area contributed by atoms with Crippen molar-refractivity contribution in [3.8, 4) is 11.8 Å². The van der Waals surface area contributed by atoms with Gasteiger partial charge in [0, 0.05) is 6.07 Å². The second-order valence-corrected chi connectivity index (χ2v) is 3.50. The van der Waals surface area contributed by atoms with Crippen molar-refractivity contribution < 1.29 is 9.47 Å². The summed E-state index contributed by atoms with van der Waals surface area (Å²) in [6, 6.07) is 3.51. The van der Waals surface area contributed by atoms with E-state index in [1.165, 1.54) is 12.8 Å². The Balaban J connectivity index is 2.01. The van der Waals surface area contributed by atoms with Crippen LogP contribution < -0.4 is 15.2 Å². The zero-order valence-electron chi connectivity index (χ0n) is 8.19. The molecule has 1 saturated carbocycles. The van der Waals surface area contributed by atoms with Crippen molar-refractivity contribution in [3.63, 3.8) is 0 Å². The quantitative estimate of drug-likeness (QED) is 0.788. The fourth-order valence-corrected chi connectivity index (χ4v) is 1.17. The molecule has 1 aliphatic carbocycles. The second kappa shape index (κ2) is 3.74. The van der Waals surface area contributed by atoms with Crippen LogP contribution in [0.2, 0.25) is 0 Å². The molecule has 14 heavy (non-hydrogen) atoms. The molecule has 0 saturated heterocycles. The number of rotatable bonds is 4. The summed E-state index contributed by atoms with van der Waals surface area (Å²) in [6.45, 7) is 0.750. The first kappa shape index (κ1) is 9.12. The third-order valence-corrected chi connectivity index (χ3v) is 2.22. The first-order chi connectivity index (χ1) is 6.79. The molecule has 0 aliphatic heterocycles. The monoisotopic (exact) mass is 194 g/mol. The van der Waals surface area contributed by atoms with Crippen molar-refractivity contribution in [1.29, 1.82) is 0 Å². The van der Waals surface area contributed by atoms with Gasteiger partial charge in [0.1, 0.15) is 0 Å². The Morgan fingerprint density at radius 1 is 1.50 bits per heavy atom. The van der Waals surface area contributed by atoms with E-state index in [1.54, 1.807) is 19.2 Å². The van der Waals surface area contributed by atoms with Crippen molar-refractivity contribution in [2.24, 2.45) is 5.92 Å². The van der Waals surface area contributed by atoms with Gasteiger partial charge in [0.05, 0.1) is 19.4 Å². The van der Waals surface area contributed by atoms with E-state index in [1.807, 2.05) is 0 Å². The van der Waals surface area contributed by atoms with Gasteiger partial charge in [-0.15, -0.1) is 0 Å². The average molecular weight is 194 g/mol. The summed E-state index contributed by atoms with van der Waals surface area (Å²) in [4.78, 5) is 4.12. The lowest BCUT2D eigenvalue weighted by atomic mass is 10.4. The standard InChI is InChI=1S/C10H14N2O2/c1-13-10-8(11)4-5-9(12-10)14-6-7-2-3-7/h4-5,7H,2-3,6,11H2,1H3. The van der Waals surface area contributed by atoms with E-state index in [9.17, 15) is 0 Å². The van der Waals surface area contributed by atoms with E-state index >= 15 is 0 Å². The van der Waals surface area contributed by atoms with Crippen molar-refractivity contribution in [2.45, 2.75) is 12.8 Å². The van der Waals surface area contributed by atoms with E-state index in [0.717, 1.165) is 12.5 Å². The molecule has 76 valence electrons. The minimum atomic E-state index is 0.429. The highest BCUT2D eigenvalue weighted by atomic mass is 16.5. The molecule has 1 aliphatic rings. The molecule has 0 atom stereocenters. The van der Waals surface area contributed by atoms with Crippen molar-refractivity contribution in [2.75, 3.05) is 19.5 Å². The van der Waals surface area contributed by atoms with E-state index in [2.05, 4.69) is 4.98 Å². The Bertz CT molecular complexity index is 324. The van der Waals surface area contributed by atoms with Crippen LogP contribution in [0.1, 0.15) is 12.8 Å². The Morgan fingerprint density at radius 3 is 2.93 bits per heavy atom. The summed E-state index contributed by atoms with van der Waals surface area (Å²) < 4.78 is 10.5. The molecular formula is C10H14N2O2. The second-order valence-electron chi connectivity index (χ2n) is 3.50. The number of anilines is 1. The van der Waals surface area contributed by atoms with Gasteiger partial charge in [0.2, 0.25) is 11.8 Å². The summed E-state index contributed by atoms with van der Waals surface area (Å²) in [5.74, 6) is 1.74. The third-order valence-electron chi connectivity index (χ3n) is 2.22. The first-order valence-electron chi connectivity index (χ1n) is 4.73. The molecule has 0 unspecified atom stereocenters. The van der Waals surface area contributed by atoms with Gasteiger partial charge < -0.3 is 15.2 Å². The lowest BCUT2D eigenvalue weighted by Crippen LogP contribution is -2.02. The summed E-state index contributed by atoms with van der Waals surface area (Å²) in [5.41, 5.74) is 6.16. The number of ether oxygens (including phenoxy) is 2. The number of hydrogen-bond donors (Lipinski definition) is 1. The van der Waals surface area contributed by atoms with E-state index < -0.39 is 0 Å². The van der Waals surface area contributed by atoms with E-state index in [0.29, 0.717) is 17.4 Å². The third kappa shape index (κ3) is 2.07. The van der Waals surface area contributed by atoms with E-state index in [4.69, 9.17) is 15.2 Å². The van der Waals surface area contributed by atoms with Crippen LogP contribution in [-0.2, 0) is 0 Å². The molecule has 0 radical (unpaired) electrons. The highest BCUT2D eigenvalue weighted by Crippen LogP contribution is 2.30. The molecule has 0 bridgehead atoms. The SMILES string of the molecule is COc1nc(OCC2CC2)ccc1N. The normalized spacial score (nSPS) is 15.2. The van der Waals surface area contributed by atoms with Crippen LogP contribution in [-0.4, -0.2) is 18.7 Å². The molecule has 0 amide bonds. The Morgan fingerprint density at radius 2 is 2.29 bits per heavy atom. The molecule has 2 N–H and O–H groups in total. The summed E-state index contributed by atoms with van der Waals surface area (Å²) in [5, 5.41) is 0. The highest BCUT2D eigenvalue weighted by Gasteiger charge is 2.22. The fraction of sp³-hybridized carbons (Fsp3) is 0.500. The summed E-state index contributed by atoms with van der Waals surface area (Å²) >= 11 is 0. The van der Waals surface area contributed by atoms with Crippen LogP contribution in [0.3, 0.4) is 0 Å². The zero-order chi connectivity index (χ0) is 9.97. The van der Waals surface area contributed by atoms with Crippen LogP contribution in [0.15, 0.2) is 12.1 Å². The molecule has 1 heterocycles. The molecule has 1 aromatic heterocycles. The Labute approximate surface area is 83.0 Å². The fourth-order valence-electron chi connectivity index (χ4n) is 1.17. The maximum Gasteiger partial charge on any atom is 0.240 e. The van der Waals surface area contributed by atoms with Crippen LogP contribution >= 0.6 is 0 Å². The average Bonchev–Trinajstić information content (AvgIpc) is 3.00. The van der Waals surface area contributed by atoms with Crippen LogP contribution in [0.4, 0.5) is 5.69 Å². The molecular weight excluding hydrogens is 180 g/mol. The maximum absolute atomic E-state index is 5.63. The zero-order valence-corrected chi connectivity index (χ0v) is 8.19. The number of methoxy groups -OCH3 is 1. The highest BCUT2D eigenvalue weighted by molar-refractivity contribution is 5.49. The number of aromatic nitrogens is 1. The molecule has 4 heteroatoms. The number of pyridine rings is 1. The van der Waals surface area contributed by atoms with Crippen LogP contribution in [0.25, 0.3) is 0 Å². The topological polar surface area (TPSA) is 57.4 Å². The molecule has 0 spiro atoms. The van der Waals surface area contributed by atoms with Gasteiger partial charge in [0.15, 0.2) is 0 Å². The number of nitrogens with zero attached hydrogens (tertiary/aromatic N) is 1. The molecule has 0 aromatic carbocycles.